The van der Waals surface area contributed by atoms with Crippen LogP contribution < -0.4 is 21.3 Å². The molecule has 0 aromatic heterocycles. The van der Waals surface area contributed by atoms with Crippen LogP contribution in [0.5, 0.6) is 0 Å². The largest absolute Gasteiger partial charge is 0.445 e. The van der Waals surface area contributed by atoms with Crippen molar-refractivity contribution in [2.45, 2.75) is 80.0 Å². The fraction of sp³-hybridized carbons (Fsp3) is 0.667. The molecule has 2 rings (SSSR count). The predicted molar refractivity (Wildman–Crippen MR) is 162 cm³/mol. The first-order chi connectivity index (χ1) is 19.1. The van der Waals surface area contributed by atoms with Crippen LogP contribution in [-0.4, -0.2) is 75.6 Å². The Bertz CT molecular complexity index is 740. The van der Waals surface area contributed by atoms with Crippen LogP contribution in [0.2, 0.25) is 0 Å². The molecule has 0 bridgehead atoms. The van der Waals surface area contributed by atoms with Crippen LogP contribution in [0.4, 0.5) is 4.79 Å². The second kappa shape index (κ2) is 29.2. The average Bonchev–Trinajstić information content (AvgIpc) is 3.35. The van der Waals surface area contributed by atoms with Gasteiger partial charge in [0.15, 0.2) is 0 Å². The molecule has 1 heterocycles. The van der Waals surface area contributed by atoms with Crippen molar-refractivity contribution in [3.05, 3.63) is 35.9 Å². The molecule has 10 nitrogen and oxygen atoms in total. The van der Waals surface area contributed by atoms with Crippen molar-refractivity contribution >= 4 is 24.6 Å². The molecule has 0 aliphatic carbocycles. The van der Waals surface area contributed by atoms with Crippen molar-refractivity contribution < 1.29 is 29.0 Å². The zero-order valence-electron chi connectivity index (χ0n) is 26.2. The summed E-state index contributed by atoms with van der Waals surface area (Å²) in [4.78, 5) is 42.5. The molecule has 5 N–H and O–H groups in total. The molecule has 0 spiro atoms. The van der Waals surface area contributed by atoms with Crippen molar-refractivity contribution in [2.75, 3.05) is 33.8 Å². The first-order valence-corrected chi connectivity index (χ1v) is 14.1. The van der Waals surface area contributed by atoms with E-state index < -0.39 is 12.1 Å². The van der Waals surface area contributed by atoms with E-state index in [-0.39, 0.29) is 37.0 Å². The minimum Gasteiger partial charge on any atom is -0.445 e. The van der Waals surface area contributed by atoms with Gasteiger partial charge in [0.2, 0.25) is 5.91 Å². The van der Waals surface area contributed by atoms with Gasteiger partial charge < -0.3 is 40.7 Å². The molecular formula is C30H56N4O6. The molecule has 232 valence electrons. The van der Waals surface area contributed by atoms with Gasteiger partial charge in [-0.05, 0) is 44.3 Å². The van der Waals surface area contributed by atoms with Crippen LogP contribution in [0.25, 0.3) is 0 Å². The lowest BCUT2D eigenvalue weighted by Crippen LogP contribution is -2.39. The number of likely N-dealkylation sites (N-methyl/N-ethyl adjacent to an activating group) is 2. The number of aliphatic hydroxyl groups excluding tert-OH is 1. The standard InChI is InChI=1S/C13H17NO3.C8H16N2O2.C4H10.C3H7NO.C2H6/c1-10(2)12(8-15)14-13(16)17-9-11-6-4-3-5-7-11;1-9-7(5-11)4-6-2-3-10-8(6)12;1-4(2)3;1-4-2-3-5;1-2/h3-8,10,12H,9H2,1-2H3,(H,14,16);6-7,9,11H,2-5H2,1H3,(H,10,12);4H,1-3H3;3-4H,2H2,1H3;1-2H3. The van der Waals surface area contributed by atoms with Crippen molar-refractivity contribution in [1.82, 2.24) is 21.3 Å². The van der Waals surface area contributed by atoms with Gasteiger partial charge >= 0.3 is 6.09 Å². The van der Waals surface area contributed by atoms with Gasteiger partial charge in [0, 0.05) is 18.5 Å². The Morgan fingerprint density at radius 2 is 1.68 bits per heavy atom. The second-order valence-electron chi connectivity index (χ2n) is 9.75. The Morgan fingerprint density at radius 1 is 1.10 bits per heavy atom. The van der Waals surface area contributed by atoms with Gasteiger partial charge in [-0.1, -0.05) is 78.8 Å². The third-order valence-electron chi connectivity index (χ3n) is 5.01. The summed E-state index contributed by atoms with van der Waals surface area (Å²) in [5, 5.41) is 19.8. The summed E-state index contributed by atoms with van der Waals surface area (Å²) in [6, 6.07) is 8.93. The Labute approximate surface area is 242 Å². The van der Waals surface area contributed by atoms with E-state index in [1.807, 2.05) is 58.0 Å². The highest BCUT2D eigenvalue weighted by atomic mass is 16.5. The Balaban J connectivity index is -0.000000515. The molecule has 3 atom stereocenters. The smallest absolute Gasteiger partial charge is 0.408 e. The first kappa shape index (κ1) is 41.7. The lowest BCUT2D eigenvalue weighted by molar-refractivity contribution is -0.122. The lowest BCUT2D eigenvalue weighted by atomic mass is 9.99. The summed E-state index contributed by atoms with van der Waals surface area (Å²) in [7, 11) is 3.53. The molecule has 40 heavy (non-hydrogen) atoms. The van der Waals surface area contributed by atoms with Crippen LogP contribution in [0, 0.1) is 17.8 Å². The third kappa shape index (κ3) is 25.5. The molecule has 0 saturated carbocycles. The number of ether oxygens (including phenoxy) is 1. The Kier molecular flexibility index (Phi) is 30.4. The van der Waals surface area contributed by atoms with Crippen molar-refractivity contribution in [1.29, 1.82) is 0 Å². The zero-order chi connectivity index (χ0) is 31.3. The van der Waals surface area contributed by atoms with Crippen molar-refractivity contribution in [3.8, 4) is 0 Å². The average molecular weight is 569 g/mol. The number of carbonyl (C=O) groups is 4. The molecule has 1 aliphatic heterocycles. The van der Waals surface area contributed by atoms with E-state index in [4.69, 9.17) is 9.84 Å². The fourth-order valence-corrected chi connectivity index (χ4v) is 2.84. The third-order valence-corrected chi connectivity index (χ3v) is 5.01. The van der Waals surface area contributed by atoms with Crippen LogP contribution >= 0.6 is 0 Å². The molecule has 1 aliphatic rings. The number of hydrogen-bond acceptors (Lipinski definition) is 8. The van der Waals surface area contributed by atoms with E-state index in [9.17, 15) is 19.2 Å². The molecule has 1 fully saturated rings. The SMILES string of the molecule is CC.CC(C)C.CC(C)C(C=O)NC(=O)OCc1ccccc1.CNC(CO)CC1CCNC1=O.CNCC=O. The maximum Gasteiger partial charge on any atom is 0.408 e. The van der Waals surface area contributed by atoms with Crippen LogP contribution in [0.3, 0.4) is 0 Å². The van der Waals surface area contributed by atoms with Crippen molar-refractivity contribution in [2.24, 2.45) is 17.8 Å². The fourth-order valence-electron chi connectivity index (χ4n) is 2.84. The van der Waals surface area contributed by atoms with E-state index in [0.717, 1.165) is 37.2 Å². The molecule has 1 saturated heterocycles. The summed E-state index contributed by atoms with van der Waals surface area (Å²) in [5.74, 6) is 1.11. The highest BCUT2D eigenvalue weighted by molar-refractivity contribution is 5.80. The first-order valence-electron chi connectivity index (χ1n) is 14.1. The number of aliphatic hydroxyl groups is 1. The normalized spacial score (nSPS) is 14.7. The van der Waals surface area contributed by atoms with Gasteiger partial charge in [-0.3, -0.25) is 4.79 Å². The maximum atomic E-state index is 11.4. The van der Waals surface area contributed by atoms with Crippen LogP contribution in [-0.2, 0) is 25.7 Å². The van der Waals surface area contributed by atoms with Gasteiger partial charge in [-0.15, -0.1) is 0 Å². The number of carbonyl (C=O) groups excluding carboxylic acids is 4. The minimum atomic E-state index is -0.570. The number of hydrogen-bond donors (Lipinski definition) is 5. The monoisotopic (exact) mass is 568 g/mol. The summed E-state index contributed by atoms with van der Waals surface area (Å²) in [6.07, 6.45) is 2.60. The summed E-state index contributed by atoms with van der Waals surface area (Å²) in [5.41, 5.74) is 0.912. The van der Waals surface area contributed by atoms with E-state index in [1.54, 1.807) is 14.1 Å². The minimum absolute atomic E-state index is 0.0526. The van der Waals surface area contributed by atoms with E-state index >= 15 is 0 Å². The maximum absolute atomic E-state index is 11.4. The quantitative estimate of drug-likeness (QED) is 0.256. The van der Waals surface area contributed by atoms with Gasteiger partial charge in [0.05, 0.1) is 19.2 Å². The van der Waals surface area contributed by atoms with E-state index in [1.165, 1.54) is 0 Å². The predicted octanol–water partition coefficient (Wildman–Crippen LogP) is 3.32. The number of rotatable bonds is 11. The molecule has 2 amide bonds. The Morgan fingerprint density at radius 3 is 2.02 bits per heavy atom. The number of aldehydes is 2. The van der Waals surface area contributed by atoms with Gasteiger partial charge in [0.25, 0.3) is 0 Å². The molecule has 0 radical (unpaired) electrons. The highest BCUT2D eigenvalue weighted by Gasteiger charge is 2.26. The highest BCUT2D eigenvalue weighted by Crippen LogP contribution is 2.15. The summed E-state index contributed by atoms with van der Waals surface area (Å²) >= 11 is 0. The summed E-state index contributed by atoms with van der Waals surface area (Å²) < 4.78 is 5.00. The van der Waals surface area contributed by atoms with Crippen LogP contribution in [0.15, 0.2) is 30.3 Å². The van der Waals surface area contributed by atoms with Gasteiger partial charge in [-0.25, -0.2) is 4.79 Å². The molecule has 3 unspecified atom stereocenters. The zero-order valence-corrected chi connectivity index (χ0v) is 26.2. The molecule has 1 aromatic rings. The van der Waals surface area contributed by atoms with Gasteiger partial charge in [0.1, 0.15) is 19.2 Å². The number of benzene rings is 1. The Hall–Kier alpha value is -2.82. The second-order valence-corrected chi connectivity index (χ2v) is 9.75. The molecule has 1 aromatic carbocycles. The molecular weight excluding hydrogens is 512 g/mol. The number of nitrogens with one attached hydrogen (secondary N) is 4. The molecule has 10 heteroatoms. The number of amides is 2. The van der Waals surface area contributed by atoms with Crippen LogP contribution in [0.1, 0.15) is 66.9 Å². The summed E-state index contributed by atoms with van der Waals surface area (Å²) in [6.45, 7) is 15.8. The van der Waals surface area contributed by atoms with Crippen molar-refractivity contribution in [3.63, 3.8) is 0 Å². The van der Waals surface area contributed by atoms with E-state index in [2.05, 4.69) is 42.0 Å². The number of alkyl carbamates (subject to hydrolysis) is 1. The lowest BCUT2D eigenvalue weighted by Gasteiger charge is -2.15. The topological polar surface area (TPSA) is 146 Å². The van der Waals surface area contributed by atoms with Gasteiger partial charge in [-0.2, -0.15) is 0 Å². The van der Waals surface area contributed by atoms with E-state index in [0.29, 0.717) is 12.8 Å².